The third kappa shape index (κ3) is 2.05. The number of rotatable bonds is 3. The Hall–Kier alpha value is -1.09. The van der Waals surface area contributed by atoms with Gasteiger partial charge in [-0.05, 0) is 50.8 Å². The average Bonchev–Trinajstić information content (AvgIpc) is 2.17. The summed E-state index contributed by atoms with van der Waals surface area (Å²) in [5.74, 6) is -0.00963. The van der Waals surface area contributed by atoms with E-state index in [4.69, 9.17) is 10.5 Å². The van der Waals surface area contributed by atoms with Gasteiger partial charge in [-0.25, -0.2) is 4.39 Å². The molecule has 1 aromatic carbocycles. The summed E-state index contributed by atoms with van der Waals surface area (Å²) in [6.07, 6.45) is 2.99. The summed E-state index contributed by atoms with van der Waals surface area (Å²) in [5, 5.41) is 0. The lowest BCUT2D eigenvalue weighted by Crippen LogP contribution is -2.43. The van der Waals surface area contributed by atoms with Crippen molar-refractivity contribution in [2.45, 2.75) is 44.8 Å². The van der Waals surface area contributed by atoms with Crippen molar-refractivity contribution < 1.29 is 9.13 Å². The van der Waals surface area contributed by atoms with E-state index in [0.29, 0.717) is 5.75 Å². The SMILES string of the molecule is CC(C)Oc1ccc(C2(N)CCC2)cc1F. The molecule has 1 aliphatic rings. The largest absolute Gasteiger partial charge is 0.488 e. The molecule has 88 valence electrons. The van der Waals surface area contributed by atoms with Crippen LogP contribution in [0.25, 0.3) is 0 Å². The van der Waals surface area contributed by atoms with E-state index in [1.165, 1.54) is 6.07 Å². The summed E-state index contributed by atoms with van der Waals surface area (Å²) in [6.45, 7) is 3.76. The Balaban J connectivity index is 2.22. The summed E-state index contributed by atoms with van der Waals surface area (Å²) in [5.41, 5.74) is 6.71. The highest BCUT2D eigenvalue weighted by Crippen LogP contribution is 2.39. The number of benzene rings is 1. The maximum absolute atomic E-state index is 13.7. The predicted molar refractivity (Wildman–Crippen MR) is 61.9 cm³/mol. The van der Waals surface area contributed by atoms with Crippen molar-refractivity contribution in [3.63, 3.8) is 0 Å². The van der Waals surface area contributed by atoms with E-state index in [1.807, 2.05) is 19.9 Å². The number of nitrogens with two attached hydrogens (primary N) is 1. The van der Waals surface area contributed by atoms with Gasteiger partial charge in [-0.3, -0.25) is 0 Å². The standard InChI is InChI=1S/C13H18FNO/c1-9(2)16-12-5-4-10(8-11(12)14)13(15)6-3-7-13/h4-5,8-9H,3,6-7,15H2,1-2H3. The number of ether oxygens (including phenoxy) is 1. The predicted octanol–water partition coefficient (Wildman–Crippen LogP) is 2.95. The first-order chi connectivity index (χ1) is 7.51. The van der Waals surface area contributed by atoms with Crippen molar-refractivity contribution in [2.75, 3.05) is 0 Å². The fraction of sp³-hybridized carbons (Fsp3) is 0.538. The minimum Gasteiger partial charge on any atom is -0.488 e. The smallest absolute Gasteiger partial charge is 0.165 e. The molecule has 2 nitrogen and oxygen atoms in total. The zero-order valence-corrected chi connectivity index (χ0v) is 9.79. The first kappa shape index (κ1) is 11.4. The Morgan fingerprint density at radius 1 is 1.38 bits per heavy atom. The summed E-state index contributed by atoms with van der Waals surface area (Å²) in [4.78, 5) is 0. The molecule has 0 unspecified atom stereocenters. The summed E-state index contributed by atoms with van der Waals surface area (Å²) in [7, 11) is 0. The third-order valence-corrected chi connectivity index (χ3v) is 3.12. The second-order valence-corrected chi connectivity index (χ2v) is 4.82. The quantitative estimate of drug-likeness (QED) is 0.855. The van der Waals surface area contributed by atoms with Crippen LogP contribution < -0.4 is 10.5 Å². The second kappa shape index (κ2) is 4.06. The first-order valence-electron chi connectivity index (χ1n) is 5.77. The van der Waals surface area contributed by atoms with Gasteiger partial charge in [0.15, 0.2) is 11.6 Å². The fourth-order valence-corrected chi connectivity index (χ4v) is 2.01. The van der Waals surface area contributed by atoms with Crippen LogP contribution in [0.15, 0.2) is 18.2 Å². The molecule has 1 aromatic rings. The Bertz CT molecular complexity index is 386. The molecule has 3 heteroatoms. The van der Waals surface area contributed by atoms with E-state index in [-0.39, 0.29) is 17.5 Å². The molecule has 0 saturated heterocycles. The molecule has 0 heterocycles. The van der Waals surface area contributed by atoms with Crippen molar-refractivity contribution in [3.05, 3.63) is 29.6 Å². The van der Waals surface area contributed by atoms with Gasteiger partial charge in [-0.2, -0.15) is 0 Å². The van der Waals surface area contributed by atoms with E-state index >= 15 is 0 Å². The van der Waals surface area contributed by atoms with Crippen molar-refractivity contribution in [2.24, 2.45) is 5.73 Å². The van der Waals surface area contributed by atoms with Gasteiger partial charge < -0.3 is 10.5 Å². The van der Waals surface area contributed by atoms with Crippen LogP contribution in [0, 0.1) is 5.82 Å². The molecule has 0 aromatic heterocycles. The normalized spacial score (nSPS) is 18.3. The molecule has 0 atom stereocenters. The highest BCUT2D eigenvalue weighted by molar-refractivity contribution is 5.34. The molecule has 2 rings (SSSR count). The molecule has 1 aliphatic carbocycles. The second-order valence-electron chi connectivity index (χ2n) is 4.82. The van der Waals surface area contributed by atoms with Gasteiger partial charge in [0.1, 0.15) is 0 Å². The van der Waals surface area contributed by atoms with Gasteiger partial charge in [0.05, 0.1) is 6.10 Å². The average molecular weight is 223 g/mol. The van der Waals surface area contributed by atoms with Crippen LogP contribution in [0.5, 0.6) is 5.75 Å². The minimum absolute atomic E-state index is 0.0177. The van der Waals surface area contributed by atoms with Crippen LogP contribution in [0.4, 0.5) is 4.39 Å². The lowest BCUT2D eigenvalue weighted by molar-refractivity contribution is 0.228. The van der Waals surface area contributed by atoms with E-state index in [2.05, 4.69) is 0 Å². The van der Waals surface area contributed by atoms with Crippen LogP contribution in [0.1, 0.15) is 38.7 Å². The van der Waals surface area contributed by atoms with Crippen molar-refractivity contribution >= 4 is 0 Å². The van der Waals surface area contributed by atoms with Crippen LogP contribution in [0.3, 0.4) is 0 Å². The zero-order valence-electron chi connectivity index (χ0n) is 9.79. The van der Waals surface area contributed by atoms with Gasteiger partial charge in [0, 0.05) is 5.54 Å². The maximum atomic E-state index is 13.7. The number of halogens is 1. The van der Waals surface area contributed by atoms with Crippen LogP contribution in [-0.4, -0.2) is 6.10 Å². The monoisotopic (exact) mass is 223 g/mol. The Morgan fingerprint density at radius 2 is 2.06 bits per heavy atom. The van der Waals surface area contributed by atoms with E-state index in [0.717, 1.165) is 24.8 Å². The summed E-state index contributed by atoms with van der Waals surface area (Å²) >= 11 is 0. The minimum atomic E-state index is -0.317. The molecular formula is C13H18FNO. The zero-order chi connectivity index (χ0) is 11.8. The van der Waals surface area contributed by atoms with Gasteiger partial charge in [-0.15, -0.1) is 0 Å². The van der Waals surface area contributed by atoms with Gasteiger partial charge >= 0.3 is 0 Å². The Kier molecular flexibility index (Phi) is 2.89. The molecule has 0 bridgehead atoms. The molecule has 16 heavy (non-hydrogen) atoms. The van der Waals surface area contributed by atoms with Gasteiger partial charge in [-0.1, -0.05) is 6.07 Å². The topological polar surface area (TPSA) is 35.2 Å². The molecular weight excluding hydrogens is 205 g/mol. The van der Waals surface area contributed by atoms with E-state index in [9.17, 15) is 4.39 Å². The third-order valence-electron chi connectivity index (χ3n) is 3.12. The first-order valence-corrected chi connectivity index (χ1v) is 5.77. The van der Waals surface area contributed by atoms with Crippen molar-refractivity contribution in [3.8, 4) is 5.75 Å². The maximum Gasteiger partial charge on any atom is 0.165 e. The molecule has 0 spiro atoms. The number of hydrogen-bond donors (Lipinski definition) is 1. The molecule has 0 radical (unpaired) electrons. The molecule has 1 saturated carbocycles. The highest BCUT2D eigenvalue weighted by atomic mass is 19.1. The fourth-order valence-electron chi connectivity index (χ4n) is 2.01. The van der Waals surface area contributed by atoms with Crippen LogP contribution in [0.2, 0.25) is 0 Å². The molecule has 0 amide bonds. The van der Waals surface area contributed by atoms with Crippen LogP contribution in [-0.2, 0) is 5.54 Å². The summed E-state index contributed by atoms with van der Waals surface area (Å²) in [6, 6.07) is 5.06. The van der Waals surface area contributed by atoms with Crippen molar-refractivity contribution in [1.29, 1.82) is 0 Å². The Labute approximate surface area is 95.6 Å². The van der Waals surface area contributed by atoms with Gasteiger partial charge in [0.2, 0.25) is 0 Å². The number of hydrogen-bond acceptors (Lipinski definition) is 2. The lowest BCUT2D eigenvalue weighted by atomic mass is 9.73. The molecule has 1 fully saturated rings. The van der Waals surface area contributed by atoms with Crippen molar-refractivity contribution in [1.82, 2.24) is 0 Å². The lowest BCUT2D eigenvalue weighted by Gasteiger charge is -2.38. The summed E-state index contributed by atoms with van der Waals surface area (Å²) < 4.78 is 19.1. The van der Waals surface area contributed by atoms with Gasteiger partial charge in [0.25, 0.3) is 0 Å². The van der Waals surface area contributed by atoms with E-state index in [1.54, 1.807) is 6.07 Å². The Morgan fingerprint density at radius 3 is 2.50 bits per heavy atom. The molecule has 0 aliphatic heterocycles. The molecule has 2 N–H and O–H groups in total. The highest BCUT2D eigenvalue weighted by Gasteiger charge is 2.34. The van der Waals surface area contributed by atoms with E-state index < -0.39 is 0 Å². The van der Waals surface area contributed by atoms with Crippen LogP contribution >= 0.6 is 0 Å².